The zero-order valence-electron chi connectivity index (χ0n) is 48.4. The van der Waals surface area contributed by atoms with Crippen molar-refractivity contribution in [1.82, 2.24) is 37.2 Å². The molecule has 462 valence electrons. The van der Waals surface area contributed by atoms with Crippen LogP contribution in [0.3, 0.4) is 0 Å². The van der Waals surface area contributed by atoms with Gasteiger partial charge in [-0.15, -0.1) is 0 Å². The van der Waals surface area contributed by atoms with Crippen molar-refractivity contribution >= 4 is 86.7 Å². The molecule has 1 saturated heterocycles. The molecule has 0 bridgehead atoms. The number of primary amides is 2. The van der Waals surface area contributed by atoms with Crippen molar-refractivity contribution in [3.05, 3.63) is 65.7 Å². The zero-order valence-corrected chi connectivity index (χ0v) is 50.0. The lowest BCUT2D eigenvalue weighted by atomic mass is 9.76. The van der Waals surface area contributed by atoms with Gasteiger partial charge in [0.2, 0.25) is 53.2 Å². The second-order valence-electron chi connectivity index (χ2n) is 22.1. The minimum atomic E-state index is -1.69. The SMILES string of the molecule is CCOc1ccc(C[C@@H]2NC(=O)CC(C3CCCC3)(C3CCCC3)SSC[C@@H](C(=O)N[C@@H](CCCN=C(N)N)C(=O)N[C@@H](CCCN=C(N)N)C(N)=O)NC(=O)[C@H](CC(N)=O)NC(=O)[C@H](C(C)C)NC(=O)[C@H](Cc3ccccc3)NC2=O)cc1. The third kappa shape index (κ3) is 21.4. The maximum atomic E-state index is 15.1. The third-order valence-corrected chi connectivity index (χ3v) is 18.7. The average Bonchev–Trinajstić information content (AvgIpc) is 2.31. The molecule has 0 aromatic heterocycles. The number of aliphatic imine (C=N–C) groups is 2. The highest BCUT2D eigenvalue weighted by molar-refractivity contribution is 8.77. The average molecular weight is 1210 g/mol. The standard InChI is InChI=1S/C57H87N15O10S2/c1-4-82-38-24-22-35(23-25-38)29-41-50(77)69-42(28-34-14-6-5-7-15-34)52(79)72-47(33(2)3)54(81)70-43(30-45(58)73)51(78)71-44(32-83-84-57(31-46(74)66-41,36-16-8-9-17-36)37-18-10-11-19-37)53(80)68-40(21-13-27-65-56(62)63)49(76)67-39(48(59)75)20-12-26-64-55(60)61/h5-7,14-15,22-25,33,36-37,39-44,47H,4,8-13,16-21,26-32H2,1-3H3,(H2,58,73)(H2,59,75)(H,66,74)(H,67,76)(H,68,80)(H,69,77)(H,70,81)(H,71,78)(H,72,79)(H4,60,61,64)(H4,62,63,65)/t39-,40-,41-,42-,43-,44-,47-/m0/s1. The molecule has 19 N–H and O–H groups in total. The molecule has 7 atom stereocenters. The van der Waals surface area contributed by atoms with E-state index in [9.17, 15) is 38.4 Å². The van der Waals surface area contributed by atoms with Crippen LogP contribution in [0.4, 0.5) is 0 Å². The van der Waals surface area contributed by atoms with Crippen molar-refractivity contribution < 1.29 is 47.9 Å². The summed E-state index contributed by atoms with van der Waals surface area (Å²) in [5.41, 5.74) is 34.9. The molecular weight excluding hydrogens is 1120 g/mol. The van der Waals surface area contributed by atoms with E-state index in [0.29, 0.717) is 23.5 Å². The Balaban J connectivity index is 1.61. The lowest BCUT2D eigenvalue weighted by Gasteiger charge is -2.43. The van der Waals surface area contributed by atoms with E-state index in [0.717, 1.165) is 51.4 Å². The first-order valence-corrected chi connectivity index (χ1v) is 31.3. The van der Waals surface area contributed by atoms with E-state index in [1.54, 1.807) is 56.3 Å². The minimum absolute atomic E-state index is 0.0158. The second kappa shape index (κ2) is 33.9. The largest absolute Gasteiger partial charge is 0.494 e. The quantitative estimate of drug-likeness (QED) is 0.0291. The number of ether oxygens (including phenoxy) is 1. The monoisotopic (exact) mass is 1210 g/mol. The number of nitrogens with two attached hydrogens (primary N) is 6. The van der Waals surface area contributed by atoms with Crippen LogP contribution in [-0.2, 0) is 56.0 Å². The van der Waals surface area contributed by atoms with Gasteiger partial charge in [0.1, 0.15) is 48.0 Å². The minimum Gasteiger partial charge on any atom is -0.494 e. The van der Waals surface area contributed by atoms with E-state index >= 15 is 4.79 Å². The molecule has 0 spiro atoms. The van der Waals surface area contributed by atoms with Crippen LogP contribution in [-0.4, -0.2) is 138 Å². The Morgan fingerprint density at radius 1 is 0.655 bits per heavy atom. The van der Waals surface area contributed by atoms with Crippen LogP contribution >= 0.6 is 21.6 Å². The molecular formula is C57H87N15O10S2. The molecule has 25 nitrogen and oxygen atoms in total. The second-order valence-corrected chi connectivity index (χ2v) is 24.8. The summed E-state index contributed by atoms with van der Waals surface area (Å²) >= 11 is 0. The fraction of sp³-hybridized carbons (Fsp3) is 0.596. The number of nitrogens with zero attached hydrogens (tertiary/aromatic N) is 2. The Morgan fingerprint density at radius 3 is 1.71 bits per heavy atom. The van der Waals surface area contributed by atoms with Gasteiger partial charge in [0.05, 0.1) is 13.0 Å². The van der Waals surface area contributed by atoms with Gasteiger partial charge in [0.15, 0.2) is 11.9 Å². The molecule has 2 aromatic carbocycles. The van der Waals surface area contributed by atoms with Gasteiger partial charge in [-0.3, -0.25) is 53.1 Å². The van der Waals surface area contributed by atoms with Crippen molar-refractivity contribution in [2.24, 2.45) is 62.1 Å². The molecule has 9 amide bonds. The van der Waals surface area contributed by atoms with Crippen LogP contribution in [0.5, 0.6) is 5.75 Å². The summed E-state index contributed by atoms with van der Waals surface area (Å²) in [6.45, 7) is 5.78. The van der Waals surface area contributed by atoms with Crippen molar-refractivity contribution in [3.63, 3.8) is 0 Å². The maximum Gasteiger partial charge on any atom is 0.244 e. The van der Waals surface area contributed by atoms with Crippen LogP contribution in [0.25, 0.3) is 0 Å². The van der Waals surface area contributed by atoms with Gasteiger partial charge in [0, 0.05) is 42.9 Å². The molecule has 5 rings (SSSR count). The van der Waals surface area contributed by atoms with Gasteiger partial charge in [-0.25, -0.2) is 0 Å². The molecule has 1 heterocycles. The van der Waals surface area contributed by atoms with E-state index < -0.39 is 113 Å². The highest BCUT2D eigenvalue weighted by atomic mass is 33.1. The Morgan fingerprint density at radius 2 is 1.18 bits per heavy atom. The molecule has 2 aromatic rings. The summed E-state index contributed by atoms with van der Waals surface area (Å²) in [6, 6.07) is 6.52. The highest BCUT2D eigenvalue weighted by Gasteiger charge is 2.50. The van der Waals surface area contributed by atoms with E-state index in [1.807, 2.05) is 19.1 Å². The van der Waals surface area contributed by atoms with E-state index in [-0.39, 0.29) is 87.5 Å². The Kier molecular flexibility index (Phi) is 27.2. The first-order chi connectivity index (χ1) is 40.1. The first kappa shape index (κ1) is 67.5. The van der Waals surface area contributed by atoms with Crippen LogP contribution in [0.15, 0.2) is 64.6 Å². The van der Waals surface area contributed by atoms with E-state index in [1.165, 1.54) is 21.6 Å². The summed E-state index contributed by atoms with van der Waals surface area (Å²) in [4.78, 5) is 136. The smallest absolute Gasteiger partial charge is 0.244 e. The summed E-state index contributed by atoms with van der Waals surface area (Å²) in [7, 11) is 2.71. The van der Waals surface area contributed by atoms with Gasteiger partial charge in [-0.05, 0) is 99.3 Å². The van der Waals surface area contributed by atoms with Crippen LogP contribution in [0.2, 0.25) is 0 Å². The van der Waals surface area contributed by atoms with Gasteiger partial charge in [-0.1, -0.05) is 104 Å². The topological polar surface area (TPSA) is 428 Å². The molecule has 3 fully saturated rings. The third-order valence-electron chi connectivity index (χ3n) is 15.3. The van der Waals surface area contributed by atoms with Gasteiger partial charge in [-0.2, -0.15) is 0 Å². The number of benzene rings is 2. The number of nitrogens with one attached hydrogen (secondary N) is 7. The summed E-state index contributed by atoms with van der Waals surface area (Å²) in [5.74, 6) is -7.71. The fourth-order valence-corrected chi connectivity index (χ4v) is 14.9. The Hall–Kier alpha value is -7.29. The number of hydrogen-bond donors (Lipinski definition) is 13. The Bertz CT molecular complexity index is 2600. The van der Waals surface area contributed by atoms with Crippen molar-refractivity contribution in [1.29, 1.82) is 0 Å². The zero-order chi connectivity index (χ0) is 61.3. The lowest BCUT2D eigenvalue weighted by Crippen LogP contribution is -2.62. The normalized spacial score (nSPS) is 22.1. The van der Waals surface area contributed by atoms with Gasteiger partial charge < -0.3 is 76.4 Å². The molecule has 3 aliphatic rings. The van der Waals surface area contributed by atoms with Crippen LogP contribution in [0.1, 0.15) is 122 Å². The summed E-state index contributed by atoms with van der Waals surface area (Å²) in [6.07, 6.45) is 6.60. The summed E-state index contributed by atoms with van der Waals surface area (Å²) in [5, 5.41) is 19.5. The molecule has 1 aliphatic heterocycles. The van der Waals surface area contributed by atoms with Crippen molar-refractivity contribution in [3.8, 4) is 5.75 Å². The highest BCUT2D eigenvalue weighted by Crippen LogP contribution is 2.57. The number of rotatable bonds is 24. The number of amides is 9. The number of carbonyl (C=O) groups excluding carboxylic acids is 9. The number of guanidine groups is 2. The number of carbonyl (C=O) groups is 9. The van der Waals surface area contributed by atoms with Gasteiger partial charge in [0.25, 0.3) is 0 Å². The van der Waals surface area contributed by atoms with Crippen LogP contribution in [0, 0.1) is 17.8 Å². The van der Waals surface area contributed by atoms with E-state index in [2.05, 4.69) is 47.2 Å². The van der Waals surface area contributed by atoms with Crippen LogP contribution < -0.4 is 76.4 Å². The maximum absolute atomic E-state index is 15.1. The fourth-order valence-electron chi connectivity index (χ4n) is 11.0. The molecule has 2 aliphatic carbocycles. The predicted molar refractivity (Wildman–Crippen MR) is 324 cm³/mol. The molecule has 2 saturated carbocycles. The van der Waals surface area contributed by atoms with E-state index in [4.69, 9.17) is 39.1 Å². The Labute approximate surface area is 499 Å². The van der Waals surface area contributed by atoms with Gasteiger partial charge >= 0.3 is 0 Å². The molecule has 84 heavy (non-hydrogen) atoms. The summed E-state index contributed by atoms with van der Waals surface area (Å²) < 4.78 is 4.93. The van der Waals surface area contributed by atoms with Crippen molar-refractivity contribution in [2.75, 3.05) is 25.4 Å². The lowest BCUT2D eigenvalue weighted by molar-refractivity contribution is -0.136. The first-order valence-electron chi connectivity index (χ1n) is 28.9. The van der Waals surface area contributed by atoms with Crippen molar-refractivity contribution in [2.45, 2.75) is 171 Å². The molecule has 0 radical (unpaired) electrons. The molecule has 0 unspecified atom stereocenters. The predicted octanol–water partition coefficient (Wildman–Crippen LogP) is 0.292. The molecule has 27 heteroatoms. The number of hydrogen-bond acceptors (Lipinski definition) is 14.